The highest BCUT2D eigenvalue weighted by atomic mass is 16.5. The number of aliphatic hydroxyl groups excluding tert-OH is 1. The minimum absolute atomic E-state index is 0.0213. The summed E-state index contributed by atoms with van der Waals surface area (Å²) in [6, 6.07) is 3.65. The predicted molar refractivity (Wildman–Crippen MR) is 79.0 cm³/mol. The Morgan fingerprint density at radius 3 is 2.57 bits per heavy atom. The van der Waals surface area contributed by atoms with E-state index in [1.54, 1.807) is 14.2 Å². The zero-order valence-electron chi connectivity index (χ0n) is 12.1. The predicted octanol–water partition coefficient (Wildman–Crippen LogP) is 1.07. The molecule has 2 rings (SSSR count). The molecular formula is C14H19N3O4. The van der Waals surface area contributed by atoms with Gasteiger partial charge >= 0.3 is 0 Å². The molecule has 0 amide bonds. The number of benzene rings is 1. The van der Waals surface area contributed by atoms with Crippen molar-refractivity contribution in [2.75, 3.05) is 45.9 Å². The highest BCUT2D eigenvalue weighted by Crippen LogP contribution is 2.33. The Kier molecular flexibility index (Phi) is 5.53. The van der Waals surface area contributed by atoms with E-state index in [2.05, 4.69) is 15.3 Å². The van der Waals surface area contributed by atoms with Crippen LogP contribution in [-0.2, 0) is 4.74 Å². The smallest absolute Gasteiger partial charge is 0.162 e. The first-order valence-electron chi connectivity index (χ1n) is 6.59. The van der Waals surface area contributed by atoms with Gasteiger partial charge in [0.15, 0.2) is 11.5 Å². The summed E-state index contributed by atoms with van der Waals surface area (Å²) in [4.78, 5) is 8.46. The Hall–Kier alpha value is -2.12. The summed E-state index contributed by atoms with van der Waals surface area (Å²) in [5.74, 6) is 1.95. The molecule has 0 fully saturated rings. The van der Waals surface area contributed by atoms with Gasteiger partial charge in [-0.1, -0.05) is 0 Å². The van der Waals surface area contributed by atoms with Gasteiger partial charge in [-0.15, -0.1) is 0 Å². The van der Waals surface area contributed by atoms with Gasteiger partial charge in [0.1, 0.15) is 12.1 Å². The normalized spacial score (nSPS) is 10.6. The molecular weight excluding hydrogens is 274 g/mol. The number of nitrogens with one attached hydrogen (secondary N) is 1. The molecule has 1 aromatic heterocycles. The summed E-state index contributed by atoms with van der Waals surface area (Å²) in [6.45, 7) is 1.42. The Balaban J connectivity index is 2.19. The van der Waals surface area contributed by atoms with E-state index >= 15 is 0 Å². The van der Waals surface area contributed by atoms with Gasteiger partial charge in [-0.3, -0.25) is 0 Å². The summed E-state index contributed by atoms with van der Waals surface area (Å²) in [7, 11) is 3.17. The molecule has 0 spiro atoms. The fourth-order valence-corrected chi connectivity index (χ4v) is 1.93. The van der Waals surface area contributed by atoms with Crippen molar-refractivity contribution in [3.05, 3.63) is 18.5 Å². The number of fused-ring (bicyclic) bond motifs is 1. The first-order valence-corrected chi connectivity index (χ1v) is 6.59. The highest BCUT2D eigenvalue weighted by Gasteiger charge is 2.10. The number of rotatable bonds is 8. The molecule has 1 heterocycles. The maximum Gasteiger partial charge on any atom is 0.162 e. The number of aliphatic hydroxyl groups is 1. The molecule has 0 atom stereocenters. The SMILES string of the molecule is COc1cc2ncnc(NCCOCCO)c2cc1OC. The number of anilines is 1. The van der Waals surface area contributed by atoms with Crippen molar-refractivity contribution in [2.45, 2.75) is 0 Å². The number of ether oxygens (including phenoxy) is 3. The number of hydrogen-bond acceptors (Lipinski definition) is 7. The third-order valence-electron chi connectivity index (χ3n) is 2.92. The Bertz CT molecular complexity index is 592. The Morgan fingerprint density at radius 2 is 1.86 bits per heavy atom. The molecule has 2 aromatic rings. The molecule has 7 nitrogen and oxygen atoms in total. The maximum absolute atomic E-state index is 8.64. The van der Waals surface area contributed by atoms with Crippen LogP contribution < -0.4 is 14.8 Å². The lowest BCUT2D eigenvalue weighted by atomic mass is 10.2. The quantitative estimate of drug-likeness (QED) is 0.704. The van der Waals surface area contributed by atoms with Crippen LogP contribution in [0.4, 0.5) is 5.82 Å². The van der Waals surface area contributed by atoms with Crippen LogP contribution in [-0.4, -0.2) is 55.7 Å². The number of hydrogen-bond donors (Lipinski definition) is 2. The van der Waals surface area contributed by atoms with E-state index in [4.69, 9.17) is 19.3 Å². The van der Waals surface area contributed by atoms with Crippen LogP contribution in [0, 0.1) is 0 Å². The van der Waals surface area contributed by atoms with E-state index in [1.165, 1.54) is 6.33 Å². The average molecular weight is 293 g/mol. The number of aromatic nitrogens is 2. The summed E-state index contributed by atoms with van der Waals surface area (Å²) in [5.41, 5.74) is 0.765. The van der Waals surface area contributed by atoms with Crippen molar-refractivity contribution in [3.8, 4) is 11.5 Å². The molecule has 7 heteroatoms. The number of nitrogens with zero attached hydrogens (tertiary/aromatic N) is 2. The van der Waals surface area contributed by atoms with E-state index < -0.39 is 0 Å². The summed E-state index contributed by atoms with van der Waals surface area (Å²) in [5, 5.41) is 12.7. The first-order chi connectivity index (χ1) is 10.3. The fraction of sp³-hybridized carbons (Fsp3) is 0.429. The standard InChI is InChI=1S/C14H19N3O4/c1-19-12-7-10-11(8-13(12)20-2)16-9-17-14(10)15-3-5-21-6-4-18/h7-9,18H,3-6H2,1-2H3,(H,15,16,17). The van der Waals surface area contributed by atoms with E-state index in [0.717, 1.165) is 10.9 Å². The van der Waals surface area contributed by atoms with Gasteiger partial charge in [0, 0.05) is 18.0 Å². The average Bonchev–Trinajstić information content (AvgIpc) is 2.53. The maximum atomic E-state index is 8.64. The van der Waals surface area contributed by atoms with Gasteiger partial charge in [0.2, 0.25) is 0 Å². The van der Waals surface area contributed by atoms with Crippen molar-refractivity contribution in [2.24, 2.45) is 0 Å². The fourth-order valence-electron chi connectivity index (χ4n) is 1.93. The van der Waals surface area contributed by atoms with Crippen LogP contribution in [0.2, 0.25) is 0 Å². The van der Waals surface area contributed by atoms with Crippen LogP contribution >= 0.6 is 0 Å². The van der Waals surface area contributed by atoms with Crippen molar-refractivity contribution in [1.82, 2.24) is 9.97 Å². The van der Waals surface area contributed by atoms with Gasteiger partial charge in [0.25, 0.3) is 0 Å². The third-order valence-corrected chi connectivity index (χ3v) is 2.92. The van der Waals surface area contributed by atoms with Crippen molar-refractivity contribution in [3.63, 3.8) is 0 Å². The molecule has 2 N–H and O–H groups in total. The van der Waals surface area contributed by atoms with Gasteiger partial charge in [-0.05, 0) is 6.07 Å². The summed E-state index contributed by atoms with van der Waals surface area (Å²) in [6.07, 6.45) is 1.49. The Labute approximate surface area is 122 Å². The van der Waals surface area contributed by atoms with Gasteiger partial charge < -0.3 is 24.6 Å². The van der Waals surface area contributed by atoms with Crippen molar-refractivity contribution in [1.29, 1.82) is 0 Å². The minimum atomic E-state index is 0.0213. The molecule has 21 heavy (non-hydrogen) atoms. The summed E-state index contributed by atoms with van der Waals surface area (Å²) < 4.78 is 15.8. The van der Waals surface area contributed by atoms with Crippen LogP contribution in [0.5, 0.6) is 11.5 Å². The monoisotopic (exact) mass is 293 g/mol. The van der Waals surface area contributed by atoms with E-state index in [9.17, 15) is 0 Å². The second-order valence-electron chi connectivity index (χ2n) is 4.21. The Morgan fingerprint density at radius 1 is 1.10 bits per heavy atom. The minimum Gasteiger partial charge on any atom is -0.493 e. The molecule has 0 aliphatic heterocycles. The lowest BCUT2D eigenvalue weighted by molar-refractivity contribution is 0.0992. The van der Waals surface area contributed by atoms with Crippen LogP contribution in [0.3, 0.4) is 0 Å². The molecule has 0 unspecified atom stereocenters. The second kappa shape index (κ2) is 7.61. The van der Waals surface area contributed by atoms with Crippen LogP contribution in [0.1, 0.15) is 0 Å². The molecule has 0 aliphatic rings. The molecule has 0 saturated heterocycles. The highest BCUT2D eigenvalue weighted by molar-refractivity contribution is 5.91. The topological polar surface area (TPSA) is 85.7 Å². The van der Waals surface area contributed by atoms with Crippen LogP contribution in [0.25, 0.3) is 10.9 Å². The van der Waals surface area contributed by atoms with E-state index in [-0.39, 0.29) is 6.61 Å². The molecule has 0 radical (unpaired) electrons. The zero-order valence-corrected chi connectivity index (χ0v) is 12.1. The van der Waals surface area contributed by atoms with E-state index in [1.807, 2.05) is 12.1 Å². The van der Waals surface area contributed by atoms with Gasteiger partial charge in [-0.2, -0.15) is 0 Å². The zero-order chi connectivity index (χ0) is 15.1. The van der Waals surface area contributed by atoms with Gasteiger partial charge in [-0.25, -0.2) is 9.97 Å². The molecule has 1 aromatic carbocycles. The summed E-state index contributed by atoms with van der Waals surface area (Å²) >= 11 is 0. The lowest BCUT2D eigenvalue weighted by Crippen LogP contribution is -2.12. The first kappa shape index (κ1) is 15.3. The van der Waals surface area contributed by atoms with Crippen LogP contribution in [0.15, 0.2) is 18.5 Å². The van der Waals surface area contributed by atoms with Gasteiger partial charge in [0.05, 0.1) is 39.6 Å². The largest absolute Gasteiger partial charge is 0.493 e. The van der Waals surface area contributed by atoms with Crippen molar-refractivity contribution >= 4 is 16.7 Å². The molecule has 114 valence electrons. The third kappa shape index (κ3) is 3.71. The number of methoxy groups -OCH3 is 2. The second-order valence-corrected chi connectivity index (χ2v) is 4.21. The van der Waals surface area contributed by atoms with E-state index in [0.29, 0.717) is 37.1 Å². The molecule has 0 aliphatic carbocycles. The molecule has 0 bridgehead atoms. The molecule has 0 saturated carbocycles. The van der Waals surface area contributed by atoms with Crippen molar-refractivity contribution < 1.29 is 19.3 Å². The lowest BCUT2D eigenvalue weighted by Gasteiger charge is -2.12.